The van der Waals surface area contributed by atoms with Crippen LogP contribution in [0.2, 0.25) is 0 Å². The van der Waals surface area contributed by atoms with E-state index in [-0.39, 0.29) is 22.0 Å². The fourth-order valence-corrected chi connectivity index (χ4v) is 3.24. The van der Waals surface area contributed by atoms with Gasteiger partial charge in [-0.25, -0.2) is 4.98 Å². The average molecular weight is 373 g/mol. The molecule has 0 spiro atoms. The first-order valence-electron chi connectivity index (χ1n) is 8.98. The molecule has 0 aliphatic heterocycles. The molecule has 7 nitrogen and oxygen atoms in total. The number of pyridine rings is 2. The van der Waals surface area contributed by atoms with Gasteiger partial charge in [0.25, 0.3) is 11.5 Å². The van der Waals surface area contributed by atoms with Gasteiger partial charge in [-0.2, -0.15) is 0 Å². The number of nitrogens with one attached hydrogen (secondary N) is 2. The predicted octanol–water partition coefficient (Wildman–Crippen LogP) is 2.18. The number of nitrogens with zero attached hydrogens (tertiary/aromatic N) is 3. The molecule has 0 atom stereocenters. The van der Waals surface area contributed by atoms with Gasteiger partial charge >= 0.3 is 0 Å². The van der Waals surface area contributed by atoms with Crippen LogP contribution in [0.5, 0.6) is 0 Å². The van der Waals surface area contributed by atoms with E-state index in [1.165, 1.54) is 10.5 Å². The van der Waals surface area contributed by atoms with Crippen molar-refractivity contribution in [2.45, 2.75) is 13.8 Å². The first kappa shape index (κ1) is 17.7. The summed E-state index contributed by atoms with van der Waals surface area (Å²) in [5.41, 5.74) is 2.24. The summed E-state index contributed by atoms with van der Waals surface area (Å²) in [4.78, 5) is 30.4. The Labute approximate surface area is 160 Å². The summed E-state index contributed by atoms with van der Waals surface area (Å²) in [5.74, 6) is -0.396. The maximum Gasteiger partial charge on any atom is 0.267 e. The zero-order chi connectivity index (χ0) is 19.8. The maximum absolute atomic E-state index is 13.2. The lowest BCUT2D eigenvalue weighted by atomic mass is 10.1. The van der Waals surface area contributed by atoms with E-state index in [0.29, 0.717) is 23.5 Å². The second-order valence-electron chi connectivity index (χ2n) is 6.53. The Morgan fingerprint density at radius 1 is 1.18 bits per heavy atom. The Hall–Kier alpha value is -3.74. The van der Waals surface area contributed by atoms with Crippen LogP contribution in [0.3, 0.4) is 0 Å². The molecule has 0 radical (unpaired) electrons. The highest BCUT2D eigenvalue weighted by Gasteiger charge is 2.18. The molecule has 0 aliphatic carbocycles. The molecular formula is C21H19N5O2. The average Bonchev–Trinajstić information content (AvgIpc) is 2.69. The molecule has 1 aromatic carbocycles. The number of carbonyl (C=O) groups is 1. The third-order valence-electron chi connectivity index (χ3n) is 4.56. The van der Waals surface area contributed by atoms with Crippen LogP contribution in [0.25, 0.3) is 22.4 Å². The van der Waals surface area contributed by atoms with Gasteiger partial charge in [0.1, 0.15) is 11.1 Å². The van der Waals surface area contributed by atoms with Gasteiger partial charge in [0, 0.05) is 18.4 Å². The molecule has 7 heteroatoms. The SMILES string of the molecule is CCNC(=O)c1cc2c(=O)n3cc(C)ccc3nc2n(-c2ccccc2)c1=N. The number of aromatic nitrogens is 3. The molecule has 0 saturated heterocycles. The molecule has 0 unspecified atom stereocenters. The van der Waals surface area contributed by atoms with Gasteiger partial charge in [0.15, 0.2) is 5.65 Å². The monoisotopic (exact) mass is 373 g/mol. The minimum atomic E-state index is -0.396. The van der Waals surface area contributed by atoms with Crippen LogP contribution in [0.15, 0.2) is 59.5 Å². The minimum Gasteiger partial charge on any atom is -0.352 e. The molecule has 4 aromatic rings. The Balaban J connectivity index is 2.20. The normalized spacial score (nSPS) is 11.1. The van der Waals surface area contributed by atoms with Gasteiger partial charge in [0.05, 0.1) is 10.9 Å². The van der Waals surface area contributed by atoms with Gasteiger partial charge in [-0.3, -0.25) is 24.0 Å². The Morgan fingerprint density at radius 2 is 1.93 bits per heavy atom. The third-order valence-corrected chi connectivity index (χ3v) is 4.56. The Bertz CT molecular complexity index is 1340. The van der Waals surface area contributed by atoms with Crippen molar-refractivity contribution in [3.05, 3.63) is 81.7 Å². The van der Waals surface area contributed by atoms with E-state index >= 15 is 0 Å². The van der Waals surface area contributed by atoms with Crippen molar-refractivity contribution in [2.75, 3.05) is 6.54 Å². The van der Waals surface area contributed by atoms with Crippen molar-refractivity contribution in [1.29, 1.82) is 5.41 Å². The largest absolute Gasteiger partial charge is 0.352 e. The van der Waals surface area contributed by atoms with Crippen molar-refractivity contribution in [3.63, 3.8) is 0 Å². The number of amides is 1. The number of rotatable bonds is 3. The van der Waals surface area contributed by atoms with Crippen LogP contribution in [0.4, 0.5) is 0 Å². The van der Waals surface area contributed by atoms with Gasteiger partial charge in [-0.15, -0.1) is 0 Å². The molecule has 3 aromatic heterocycles. The topological polar surface area (TPSA) is 92.2 Å². The molecule has 0 fully saturated rings. The highest BCUT2D eigenvalue weighted by molar-refractivity contribution is 5.97. The summed E-state index contributed by atoms with van der Waals surface area (Å²) in [6, 6.07) is 14.3. The standard InChI is InChI=1S/C21H19N5O2/c1-3-23-20(27)15-11-16-19(26(18(15)22)14-7-5-4-6-8-14)24-17-10-9-13(2)12-25(17)21(16)28/h4-12,22H,3H2,1-2H3,(H,23,27). The highest BCUT2D eigenvalue weighted by Crippen LogP contribution is 2.15. The molecule has 0 aliphatic rings. The van der Waals surface area contributed by atoms with Crippen molar-refractivity contribution >= 4 is 22.6 Å². The molecule has 140 valence electrons. The second-order valence-corrected chi connectivity index (χ2v) is 6.53. The van der Waals surface area contributed by atoms with E-state index in [1.54, 1.807) is 23.8 Å². The van der Waals surface area contributed by atoms with Gasteiger partial charge in [0.2, 0.25) is 0 Å². The van der Waals surface area contributed by atoms with E-state index < -0.39 is 5.91 Å². The Kier molecular flexibility index (Phi) is 4.27. The molecule has 3 heterocycles. The third kappa shape index (κ3) is 2.77. The van der Waals surface area contributed by atoms with E-state index in [2.05, 4.69) is 10.3 Å². The van der Waals surface area contributed by atoms with Crippen molar-refractivity contribution in [2.24, 2.45) is 0 Å². The number of benzene rings is 1. The second kappa shape index (κ2) is 6.77. The summed E-state index contributed by atoms with van der Waals surface area (Å²) >= 11 is 0. The van der Waals surface area contributed by atoms with Gasteiger partial charge < -0.3 is 5.32 Å². The fraction of sp³-hybridized carbons (Fsp3) is 0.143. The number of para-hydroxylation sites is 1. The number of hydrogen-bond acceptors (Lipinski definition) is 4. The minimum absolute atomic E-state index is 0.0204. The molecule has 0 saturated carbocycles. The summed E-state index contributed by atoms with van der Waals surface area (Å²) in [7, 11) is 0. The molecule has 2 N–H and O–H groups in total. The maximum atomic E-state index is 13.2. The molecule has 28 heavy (non-hydrogen) atoms. The zero-order valence-corrected chi connectivity index (χ0v) is 15.6. The predicted molar refractivity (Wildman–Crippen MR) is 107 cm³/mol. The van der Waals surface area contributed by atoms with Gasteiger partial charge in [-0.05, 0) is 43.7 Å². The highest BCUT2D eigenvalue weighted by atomic mass is 16.1. The quantitative estimate of drug-likeness (QED) is 0.539. The Morgan fingerprint density at radius 3 is 2.64 bits per heavy atom. The van der Waals surface area contributed by atoms with Crippen molar-refractivity contribution < 1.29 is 4.79 Å². The van der Waals surface area contributed by atoms with E-state index in [9.17, 15) is 9.59 Å². The number of hydrogen-bond donors (Lipinski definition) is 2. The van der Waals surface area contributed by atoms with Gasteiger partial charge in [-0.1, -0.05) is 24.3 Å². The summed E-state index contributed by atoms with van der Waals surface area (Å²) in [6.45, 7) is 4.13. The first-order chi connectivity index (χ1) is 13.5. The van der Waals surface area contributed by atoms with Crippen molar-refractivity contribution in [1.82, 2.24) is 19.3 Å². The van der Waals surface area contributed by atoms with Crippen LogP contribution < -0.4 is 16.4 Å². The van der Waals surface area contributed by atoms with Crippen LogP contribution in [-0.4, -0.2) is 26.4 Å². The molecule has 4 rings (SSSR count). The van der Waals surface area contributed by atoms with Crippen LogP contribution in [-0.2, 0) is 0 Å². The van der Waals surface area contributed by atoms with Crippen LogP contribution in [0.1, 0.15) is 22.8 Å². The van der Waals surface area contributed by atoms with Crippen molar-refractivity contribution in [3.8, 4) is 5.69 Å². The molecular weight excluding hydrogens is 354 g/mol. The molecule has 1 amide bonds. The lowest BCUT2D eigenvalue weighted by molar-refractivity contribution is 0.0953. The van der Waals surface area contributed by atoms with E-state index in [0.717, 1.165) is 5.56 Å². The van der Waals surface area contributed by atoms with Crippen LogP contribution >= 0.6 is 0 Å². The van der Waals surface area contributed by atoms with E-state index in [1.807, 2.05) is 43.3 Å². The number of carbonyl (C=O) groups excluding carboxylic acids is 1. The smallest absolute Gasteiger partial charge is 0.267 e. The zero-order valence-electron chi connectivity index (χ0n) is 15.6. The first-order valence-corrected chi connectivity index (χ1v) is 8.98. The summed E-state index contributed by atoms with van der Waals surface area (Å²) < 4.78 is 3.01. The molecule has 0 bridgehead atoms. The number of fused-ring (bicyclic) bond motifs is 2. The van der Waals surface area contributed by atoms with Crippen LogP contribution in [0, 0.1) is 12.3 Å². The lowest BCUT2D eigenvalue weighted by Gasteiger charge is -2.14. The summed E-state index contributed by atoms with van der Waals surface area (Å²) in [6.07, 6.45) is 1.72. The lowest BCUT2D eigenvalue weighted by Crippen LogP contribution is -2.34. The van der Waals surface area contributed by atoms with E-state index in [4.69, 9.17) is 5.41 Å². The fourth-order valence-electron chi connectivity index (χ4n) is 3.24. The summed E-state index contributed by atoms with van der Waals surface area (Å²) in [5, 5.41) is 11.6. The number of aryl methyl sites for hydroxylation is 1.